The number of ether oxygens (including phenoxy) is 1. The van der Waals surface area contributed by atoms with E-state index in [0.717, 1.165) is 0 Å². The number of rotatable bonds is 2. The quantitative estimate of drug-likeness (QED) is 0.387. The molecular weight excluding hydrogens is 166 g/mol. The van der Waals surface area contributed by atoms with Crippen LogP contribution in [0.15, 0.2) is 29.5 Å². The van der Waals surface area contributed by atoms with Crippen molar-refractivity contribution in [3.8, 4) is 6.19 Å². The van der Waals surface area contributed by atoms with Crippen molar-refractivity contribution in [2.75, 3.05) is 6.61 Å². The molecule has 0 fully saturated rings. The molecule has 0 aromatic carbocycles. The van der Waals surface area contributed by atoms with Gasteiger partial charge in [-0.25, -0.2) is 0 Å². The topological polar surface area (TPSA) is 58.3 Å². The first kappa shape index (κ1) is 9.20. The highest BCUT2D eigenvalue weighted by molar-refractivity contribution is 5.94. The molecule has 0 bridgehead atoms. The van der Waals surface area contributed by atoms with Gasteiger partial charge in [0.2, 0.25) is 12.1 Å². The predicted octanol–water partition coefficient (Wildman–Crippen LogP) is 1.35. The third kappa shape index (κ3) is 2.56. The molecule has 0 saturated heterocycles. The van der Waals surface area contributed by atoms with Crippen molar-refractivity contribution in [1.82, 2.24) is 4.98 Å². The second-order valence-corrected chi connectivity index (χ2v) is 2.19. The van der Waals surface area contributed by atoms with Crippen LogP contribution in [0.2, 0.25) is 0 Å². The van der Waals surface area contributed by atoms with Crippen LogP contribution in [0.3, 0.4) is 0 Å². The van der Waals surface area contributed by atoms with E-state index in [0.29, 0.717) is 18.1 Å². The lowest BCUT2D eigenvalue weighted by Gasteiger charge is -2.03. The minimum absolute atomic E-state index is 0.318. The molecule has 0 radical (unpaired) electrons. The molecule has 1 aromatic rings. The Balaban J connectivity index is 2.91. The van der Waals surface area contributed by atoms with E-state index in [-0.39, 0.29) is 0 Å². The third-order valence-electron chi connectivity index (χ3n) is 1.34. The van der Waals surface area contributed by atoms with Crippen LogP contribution >= 0.6 is 0 Å². The van der Waals surface area contributed by atoms with Crippen LogP contribution in [0.25, 0.3) is 0 Å². The van der Waals surface area contributed by atoms with E-state index in [4.69, 9.17) is 10.00 Å². The number of hydrogen-bond donors (Lipinski definition) is 0. The molecule has 0 saturated carbocycles. The van der Waals surface area contributed by atoms with Crippen LogP contribution in [0.1, 0.15) is 12.5 Å². The molecular formula is C9H9N3O. The zero-order valence-electron chi connectivity index (χ0n) is 7.27. The molecule has 66 valence electrons. The fourth-order valence-corrected chi connectivity index (χ4v) is 0.852. The Morgan fingerprint density at radius 1 is 1.77 bits per heavy atom. The molecule has 1 aromatic heterocycles. The maximum absolute atomic E-state index is 8.39. The zero-order valence-corrected chi connectivity index (χ0v) is 7.27. The summed E-state index contributed by atoms with van der Waals surface area (Å²) < 4.78 is 5.16. The predicted molar refractivity (Wildman–Crippen MR) is 48.0 cm³/mol. The summed E-state index contributed by atoms with van der Waals surface area (Å²) in [4.78, 5) is 7.44. The van der Waals surface area contributed by atoms with Crippen molar-refractivity contribution < 1.29 is 4.74 Å². The highest BCUT2D eigenvalue weighted by Gasteiger charge is 2.02. The summed E-state index contributed by atoms with van der Waals surface area (Å²) in [5.74, 6) is 0.318. The molecule has 0 amide bonds. The fraction of sp³-hybridized carbons (Fsp3) is 0.222. The molecule has 4 heteroatoms. The Bertz CT molecular complexity index is 326. The Hall–Kier alpha value is -1.89. The second-order valence-electron chi connectivity index (χ2n) is 2.19. The monoisotopic (exact) mass is 175 g/mol. The molecule has 0 aliphatic heterocycles. The van der Waals surface area contributed by atoms with Gasteiger partial charge in [-0.2, -0.15) is 5.26 Å². The van der Waals surface area contributed by atoms with Crippen molar-refractivity contribution in [1.29, 1.82) is 5.26 Å². The summed E-state index contributed by atoms with van der Waals surface area (Å²) in [6, 6.07) is 3.56. The van der Waals surface area contributed by atoms with Crippen molar-refractivity contribution >= 4 is 5.90 Å². The largest absolute Gasteiger partial charge is 0.477 e. The Morgan fingerprint density at radius 2 is 2.62 bits per heavy atom. The Labute approximate surface area is 76.5 Å². The van der Waals surface area contributed by atoms with Crippen molar-refractivity contribution in [2.24, 2.45) is 4.99 Å². The molecule has 4 nitrogen and oxygen atoms in total. The number of pyridine rings is 1. The van der Waals surface area contributed by atoms with Gasteiger partial charge >= 0.3 is 0 Å². The molecule has 1 heterocycles. The van der Waals surface area contributed by atoms with E-state index in [1.165, 1.54) is 0 Å². The number of aliphatic imine (C=N–C) groups is 1. The zero-order chi connectivity index (χ0) is 9.52. The normalized spacial score (nSPS) is 10.6. The average molecular weight is 175 g/mol. The summed E-state index contributed by atoms with van der Waals surface area (Å²) in [6.07, 6.45) is 4.94. The van der Waals surface area contributed by atoms with Crippen LogP contribution in [0, 0.1) is 11.5 Å². The summed E-state index contributed by atoms with van der Waals surface area (Å²) in [6.45, 7) is 2.32. The van der Waals surface area contributed by atoms with E-state index in [9.17, 15) is 0 Å². The molecule has 0 atom stereocenters. The lowest BCUT2D eigenvalue weighted by atomic mass is 10.3. The number of nitriles is 1. The molecule has 0 aliphatic rings. The molecule has 1 rings (SSSR count). The number of nitrogens with zero attached hydrogens (tertiary/aromatic N) is 3. The van der Waals surface area contributed by atoms with Gasteiger partial charge in [0, 0.05) is 12.4 Å². The maximum Gasteiger partial charge on any atom is 0.233 e. The SMILES string of the molecule is CCO/C(=N\C#N)c1cccnc1. The first-order chi connectivity index (χ1) is 6.38. The van der Waals surface area contributed by atoms with Gasteiger partial charge in [0.25, 0.3) is 0 Å². The van der Waals surface area contributed by atoms with Crippen LogP contribution in [0.4, 0.5) is 0 Å². The summed E-state index contributed by atoms with van der Waals surface area (Å²) >= 11 is 0. The van der Waals surface area contributed by atoms with Gasteiger partial charge in [-0.1, -0.05) is 0 Å². The minimum atomic E-state index is 0.318. The fourth-order valence-electron chi connectivity index (χ4n) is 0.852. The summed E-state index contributed by atoms with van der Waals surface area (Å²) in [7, 11) is 0. The van der Waals surface area contributed by atoms with Crippen LogP contribution < -0.4 is 0 Å². The summed E-state index contributed by atoms with van der Waals surface area (Å²) in [5.41, 5.74) is 0.714. The van der Waals surface area contributed by atoms with Gasteiger partial charge in [0.1, 0.15) is 0 Å². The molecule has 0 unspecified atom stereocenters. The Morgan fingerprint density at radius 3 is 3.15 bits per heavy atom. The average Bonchev–Trinajstić information content (AvgIpc) is 2.19. The van der Waals surface area contributed by atoms with Gasteiger partial charge < -0.3 is 4.74 Å². The highest BCUT2D eigenvalue weighted by atomic mass is 16.5. The van der Waals surface area contributed by atoms with Gasteiger partial charge in [0.05, 0.1) is 12.2 Å². The Kier molecular flexibility index (Phi) is 3.45. The highest BCUT2D eigenvalue weighted by Crippen LogP contribution is 2.00. The van der Waals surface area contributed by atoms with E-state index in [1.54, 1.807) is 30.7 Å². The van der Waals surface area contributed by atoms with Crippen LogP contribution in [-0.4, -0.2) is 17.5 Å². The van der Waals surface area contributed by atoms with E-state index in [1.807, 2.05) is 6.92 Å². The first-order valence-corrected chi connectivity index (χ1v) is 3.88. The van der Waals surface area contributed by atoms with Gasteiger partial charge in [-0.05, 0) is 19.1 Å². The third-order valence-corrected chi connectivity index (χ3v) is 1.34. The molecule has 0 N–H and O–H groups in total. The van der Waals surface area contributed by atoms with E-state index in [2.05, 4.69) is 9.98 Å². The lowest BCUT2D eigenvalue weighted by Crippen LogP contribution is -2.06. The van der Waals surface area contributed by atoms with Crippen LogP contribution in [-0.2, 0) is 4.74 Å². The maximum atomic E-state index is 8.39. The van der Waals surface area contributed by atoms with Crippen LogP contribution in [0.5, 0.6) is 0 Å². The summed E-state index contributed by atoms with van der Waals surface area (Å²) in [5, 5.41) is 8.39. The van der Waals surface area contributed by atoms with Crippen molar-refractivity contribution in [3.05, 3.63) is 30.1 Å². The lowest BCUT2D eigenvalue weighted by molar-refractivity contribution is 0.329. The van der Waals surface area contributed by atoms with Crippen molar-refractivity contribution in [2.45, 2.75) is 6.92 Å². The van der Waals surface area contributed by atoms with Gasteiger partial charge in [0.15, 0.2) is 0 Å². The molecule has 0 spiro atoms. The smallest absolute Gasteiger partial charge is 0.233 e. The number of hydrogen-bond acceptors (Lipinski definition) is 4. The van der Waals surface area contributed by atoms with Gasteiger partial charge in [-0.3, -0.25) is 4.98 Å². The standard InChI is InChI=1S/C9H9N3O/c1-2-13-9(12-7-10)8-4-3-5-11-6-8/h3-6H,2H2,1H3/b12-9-. The minimum Gasteiger partial charge on any atom is -0.477 e. The van der Waals surface area contributed by atoms with E-state index >= 15 is 0 Å². The second kappa shape index (κ2) is 4.88. The molecule has 13 heavy (non-hydrogen) atoms. The first-order valence-electron chi connectivity index (χ1n) is 3.88. The van der Waals surface area contributed by atoms with E-state index < -0.39 is 0 Å². The van der Waals surface area contributed by atoms with Crippen molar-refractivity contribution in [3.63, 3.8) is 0 Å². The molecule has 0 aliphatic carbocycles. The van der Waals surface area contributed by atoms with Gasteiger partial charge in [-0.15, -0.1) is 4.99 Å². The number of aromatic nitrogens is 1.